The van der Waals surface area contributed by atoms with Crippen molar-refractivity contribution in [2.24, 2.45) is 0 Å². The SMILES string of the molecule is C=C(CCCCC(=O)OC)/C(F)=C(\C)F. The van der Waals surface area contributed by atoms with E-state index < -0.39 is 11.7 Å². The van der Waals surface area contributed by atoms with Crippen molar-refractivity contribution >= 4 is 5.97 Å². The van der Waals surface area contributed by atoms with Gasteiger partial charge in [-0.05, 0) is 31.8 Å². The molecule has 0 aliphatic rings. The van der Waals surface area contributed by atoms with E-state index in [9.17, 15) is 13.6 Å². The van der Waals surface area contributed by atoms with Gasteiger partial charge in [-0.1, -0.05) is 6.58 Å². The number of esters is 1. The van der Waals surface area contributed by atoms with Crippen molar-refractivity contribution in [1.82, 2.24) is 0 Å². The third-order valence-corrected chi connectivity index (χ3v) is 1.95. The number of rotatable bonds is 6. The third-order valence-electron chi connectivity index (χ3n) is 1.95. The molecule has 0 amide bonds. The zero-order chi connectivity index (χ0) is 11.8. The van der Waals surface area contributed by atoms with E-state index in [4.69, 9.17) is 0 Å². The van der Waals surface area contributed by atoms with Crippen molar-refractivity contribution in [2.75, 3.05) is 7.11 Å². The summed E-state index contributed by atoms with van der Waals surface area (Å²) in [5, 5.41) is 0. The molecular weight excluding hydrogens is 202 g/mol. The molecule has 0 fully saturated rings. The summed E-state index contributed by atoms with van der Waals surface area (Å²) in [5.41, 5.74) is 0.139. The van der Waals surface area contributed by atoms with Gasteiger partial charge < -0.3 is 4.74 Å². The van der Waals surface area contributed by atoms with E-state index in [2.05, 4.69) is 11.3 Å². The molecule has 0 aliphatic carbocycles. The molecule has 2 nitrogen and oxygen atoms in total. The maximum Gasteiger partial charge on any atom is 0.305 e. The van der Waals surface area contributed by atoms with Crippen LogP contribution in [0.2, 0.25) is 0 Å². The van der Waals surface area contributed by atoms with Crippen molar-refractivity contribution in [3.05, 3.63) is 23.8 Å². The molecule has 0 aliphatic heterocycles. The van der Waals surface area contributed by atoms with Gasteiger partial charge in [0.1, 0.15) is 5.83 Å². The molecule has 0 rings (SSSR count). The van der Waals surface area contributed by atoms with Crippen LogP contribution in [0.1, 0.15) is 32.6 Å². The first-order chi connectivity index (χ1) is 6.99. The van der Waals surface area contributed by atoms with Crippen LogP contribution in [0, 0.1) is 0 Å². The van der Waals surface area contributed by atoms with Gasteiger partial charge >= 0.3 is 5.97 Å². The van der Waals surface area contributed by atoms with E-state index in [0.717, 1.165) is 6.92 Å². The number of methoxy groups -OCH3 is 1. The number of hydrogen-bond acceptors (Lipinski definition) is 2. The minimum atomic E-state index is -0.881. The lowest BCUT2D eigenvalue weighted by Gasteiger charge is -2.03. The Balaban J connectivity index is 3.75. The molecule has 0 N–H and O–H groups in total. The largest absolute Gasteiger partial charge is 0.469 e. The molecule has 0 unspecified atom stereocenters. The summed E-state index contributed by atoms with van der Waals surface area (Å²) < 4.78 is 29.7. The summed E-state index contributed by atoms with van der Waals surface area (Å²) in [6, 6.07) is 0. The van der Waals surface area contributed by atoms with Gasteiger partial charge in [0.15, 0.2) is 5.83 Å². The van der Waals surface area contributed by atoms with Gasteiger partial charge in [-0.2, -0.15) is 0 Å². The van der Waals surface area contributed by atoms with Gasteiger partial charge in [0.25, 0.3) is 0 Å². The Morgan fingerprint density at radius 2 is 1.80 bits per heavy atom. The van der Waals surface area contributed by atoms with Crippen LogP contribution < -0.4 is 0 Å². The van der Waals surface area contributed by atoms with Crippen LogP contribution in [0.15, 0.2) is 23.8 Å². The summed E-state index contributed by atoms with van der Waals surface area (Å²) in [4.78, 5) is 10.7. The fraction of sp³-hybridized carbons (Fsp3) is 0.545. The zero-order valence-electron chi connectivity index (χ0n) is 9.11. The summed E-state index contributed by atoms with van der Waals surface area (Å²) in [7, 11) is 1.32. The smallest absolute Gasteiger partial charge is 0.305 e. The van der Waals surface area contributed by atoms with Gasteiger partial charge in [-0.15, -0.1) is 0 Å². The highest BCUT2D eigenvalue weighted by Crippen LogP contribution is 2.20. The second kappa shape index (κ2) is 7.15. The fourth-order valence-corrected chi connectivity index (χ4v) is 1.06. The third kappa shape index (κ3) is 5.99. The molecule has 0 heterocycles. The summed E-state index contributed by atoms with van der Waals surface area (Å²) >= 11 is 0. The molecule has 0 atom stereocenters. The minimum absolute atomic E-state index is 0.139. The van der Waals surface area contributed by atoms with Crippen LogP contribution in [0.25, 0.3) is 0 Å². The number of unbranched alkanes of at least 4 members (excludes halogenated alkanes) is 1. The zero-order valence-corrected chi connectivity index (χ0v) is 9.11. The van der Waals surface area contributed by atoms with Crippen molar-refractivity contribution in [2.45, 2.75) is 32.6 Å². The van der Waals surface area contributed by atoms with Crippen LogP contribution in [0.5, 0.6) is 0 Å². The Bertz CT molecular complexity index is 266. The number of allylic oxidation sites excluding steroid dienone is 3. The standard InChI is InChI=1S/C11H16F2O2/c1-8(11(13)9(2)12)6-4-5-7-10(14)15-3/h1,4-7H2,2-3H3/b11-9-. The molecule has 0 saturated heterocycles. The second-order valence-corrected chi connectivity index (χ2v) is 3.23. The highest BCUT2D eigenvalue weighted by molar-refractivity contribution is 5.68. The Labute approximate surface area is 88.6 Å². The topological polar surface area (TPSA) is 26.3 Å². The van der Waals surface area contributed by atoms with Crippen LogP contribution in [-0.2, 0) is 9.53 Å². The van der Waals surface area contributed by atoms with E-state index in [1.807, 2.05) is 0 Å². The van der Waals surface area contributed by atoms with Crippen molar-refractivity contribution in [3.63, 3.8) is 0 Å². The number of halogens is 2. The van der Waals surface area contributed by atoms with E-state index in [1.165, 1.54) is 7.11 Å². The van der Waals surface area contributed by atoms with Crippen molar-refractivity contribution in [3.8, 4) is 0 Å². The molecule has 15 heavy (non-hydrogen) atoms. The quantitative estimate of drug-likeness (QED) is 0.388. The molecule has 0 aromatic heterocycles. The normalized spacial score (nSPS) is 12.0. The first-order valence-corrected chi connectivity index (χ1v) is 4.76. The highest BCUT2D eigenvalue weighted by Gasteiger charge is 2.06. The first-order valence-electron chi connectivity index (χ1n) is 4.76. The molecule has 0 aromatic rings. The molecule has 86 valence electrons. The highest BCUT2D eigenvalue weighted by atomic mass is 19.2. The predicted molar refractivity (Wildman–Crippen MR) is 54.5 cm³/mol. The minimum Gasteiger partial charge on any atom is -0.469 e. The van der Waals surface area contributed by atoms with Crippen LogP contribution >= 0.6 is 0 Å². The predicted octanol–water partition coefficient (Wildman–Crippen LogP) is 3.45. The van der Waals surface area contributed by atoms with Gasteiger partial charge in [-0.3, -0.25) is 4.79 Å². The second-order valence-electron chi connectivity index (χ2n) is 3.23. The summed E-state index contributed by atoms with van der Waals surface area (Å²) in [6.07, 6.45) is 1.83. The first kappa shape index (κ1) is 13.8. The maximum absolute atomic E-state index is 12.9. The number of carbonyl (C=O) groups is 1. The fourth-order valence-electron chi connectivity index (χ4n) is 1.06. The molecule has 0 spiro atoms. The molecule has 4 heteroatoms. The molecular formula is C11H16F2O2. The van der Waals surface area contributed by atoms with Gasteiger partial charge in [0.05, 0.1) is 7.11 Å². The average molecular weight is 218 g/mol. The van der Waals surface area contributed by atoms with E-state index in [1.54, 1.807) is 0 Å². The Morgan fingerprint density at radius 1 is 1.27 bits per heavy atom. The van der Waals surface area contributed by atoms with Crippen LogP contribution in [0.4, 0.5) is 8.78 Å². The van der Waals surface area contributed by atoms with Crippen molar-refractivity contribution < 1.29 is 18.3 Å². The number of carbonyl (C=O) groups excluding carboxylic acids is 1. The lowest BCUT2D eigenvalue weighted by Crippen LogP contribution is -1.99. The maximum atomic E-state index is 12.9. The number of hydrogen-bond donors (Lipinski definition) is 0. The number of ether oxygens (including phenoxy) is 1. The molecule has 0 aromatic carbocycles. The van der Waals surface area contributed by atoms with Crippen molar-refractivity contribution in [1.29, 1.82) is 0 Å². The van der Waals surface area contributed by atoms with Crippen LogP contribution in [-0.4, -0.2) is 13.1 Å². The van der Waals surface area contributed by atoms with Gasteiger partial charge in [-0.25, -0.2) is 8.78 Å². The van der Waals surface area contributed by atoms with Gasteiger partial charge in [0, 0.05) is 6.42 Å². The van der Waals surface area contributed by atoms with E-state index in [0.29, 0.717) is 25.7 Å². The Hall–Kier alpha value is -1.19. The molecule has 0 saturated carbocycles. The molecule has 0 radical (unpaired) electrons. The monoisotopic (exact) mass is 218 g/mol. The van der Waals surface area contributed by atoms with Gasteiger partial charge in [0.2, 0.25) is 0 Å². The van der Waals surface area contributed by atoms with E-state index in [-0.39, 0.29) is 11.5 Å². The Morgan fingerprint density at radius 3 is 2.27 bits per heavy atom. The lowest BCUT2D eigenvalue weighted by molar-refractivity contribution is -0.140. The summed E-state index contributed by atoms with van der Waals surface area (Å²) in [5.74, 6) is -2.03. The molecule has 0 bridgehead atoms. The Kier molecular flexibility index (Phi) is 6.58. The average Bonchev–Trinajstić information content (AvgIpc) is 2.22. The lowest BCUT2D eigenvalue weighted by atomic mass is 10.1. The van der Waals surface area contributed by atoms with E-state index >= 15 is 0 Å². The van der Waals surface area contributed by atoms with Crippen LogP contribution in [0.3, 0.4) is 0 Å². The summed E-state index contributed by atoms with van der Waals surface area (Å²) in [6.45, 7) is 4.47.